The van der Waals surface area contributed by atoms with Gasteiger partial charge in [0.25, 0.3) is 0 Å². The van der Waals surface area contributed by atoms with Gasteiger partial charge in [0.15, 0.2) is 0 Å². The molecule has 1 fully saturated rings. The maximum atomic E-state index is 13.4. The molecule has 2 unspecified atom stereocenters. The number of aromatic nitrogens is 1. The van der Waals surface area contributed by atoms with Crippen molar-refractivity contribution < 1.29 is 22.4 Å². The third-order valence-corrected chi connectivity index (χ3v) is 6.74. The molecule has 9 heteroatoms. The lowest BCUT2D eigenvalue weighted by Crippen LogP contribution is -2.61. The predicted molar refractivity (Wildman–Crippen MR) is 124 cm³/mol. The Hall–Kier alpha value is -3.62. The summed E-state index contributed by atoms with van der Waals surface area (Å²) in [6, 6.07) is 15.1. The van der Waals surface area contributed by atoms with Gasteiger partial charge in [-0.3, -0.25) is 9.78 Å². The van der Waals surface area contributed by atoms with Crippen LogP contribution in [0.3, 0.4) is 0 Å². The zero-order valence-corrected chi connectivity index (χ0v) is 18.8. The number of halogens is 4. The topological polar surface area (TPSA) is 48.5 Å². The van der Waals surface area contributed by atoms with Crippen molar-refractivity contribution >= 4 is 17.3 Å². The van der Waals surface area contributed by atoms with Gasteiger partial charge in [-0.1, -0.05) is 6.07 Å². The molecule has 0 radical (unpaired) electrons. The van der Waals surface area contributed by atoms with Crippen LogP contribution in [0.4, 0.5) is 28.9 Å². The van der Waals surface area contributed by atoms with E-state index in [1.807, 2.05) is 11.0 Å². The molecule has 1 N–H and O–H groups in total. The lowest BCUT2D eigenvalue weighted by Gasteiger charge is -2.49. The number of alkyl halides is 3. The first kappa shape index (κ1) is 23.1. The normalized spacial score (nSPS) is 19.7. The zero-order chi connectivity index (χ0) is 24.6. The summed E-state index contributed by atoms with van der Waals surface area (Å²) in [5.41, 5.74) is 2.08. The number of hydrogen-bond acceptors (Lipinski definition) is 4. The number of nitrogens with one attached hydrogen (secondary N) is 1. The summed E-state index contributed by atoms with van der Waals surface area (Å²) in [6.07, 6.45) is -2.62. The molecule has 1 saturated heterocycles. The van der Waals surface area contributed by atoms with E-state index >= 15 is 0 Å². The molecule has 0 spiro atoms. The van der Waals surface area contributed by atoms with E-state index in [1.165, 1.54) is 18.2 Å². The molecular weight excluding hydrogens is 460 g/mol. The fraction of sp³-hybridized carbons (Fsp3) is 0.308. The standard InChI is InChI=1S/C26H24F4N4O/c27-19-5-7-21(8-6-19)33-11-12-34-23-9-4-18(26(28,29)30)13-17(23)14-22(24(34)16-33)25(35)32-15-20-3-1-2-10-31-20/h1-10,13,22,24H,11-12,14-16H2,(H,32,35). The number of carbonyl (C=O) groups excluding carboxylic acids is 1. The Kier molecular flexibility index (Phi) is 6.08. The van der Waals surface area contributed by atoms with E-state index in [9.17, 15) is 22.4 Å². The number of fused-ring (bicyclic) bond motifs is 3. The third-order valence-electron chi connectivity index (χ3n) is 6.74. The van der Waals surface area contributed by atoms with E-state index in [0.717, 1.165) is 23.5 Å². The van der Waals surface area contributed by atoms with E-state index in [-0.39, 0.29) is 30.7 Å². The molecule has 0 saturated carbocycles. The number of anilines is 2. The van der Waals surface area contributed by atoms with Gasteiger partial charge in [0.2, 0.25) is 5.91 Å². The number of hydrogen-bond donors (Lipinski definition) is 1. The smallest absolute Gasteiger partial charge is 0.368 e. The van der Waals surface area contributed by atoms with Crippen LogP contribution in [0, 0.1) is 11.7 Å². The maximum Gasteiger partial charge on any atom is 0.416 e. The van der Waals surface area contributed by atoms with Crippen LogP contribution < -0.4 is 15.1 Å². The van der Waals surface area contributed by atoms with Gasteiger partial charge < -0.3 is 15.1 Å². The van der Waals surface area contributed by atoms with Crippen LogP contribution in [0.15, 0.2) is 66.9 Å². The molecule has 1 aromatic heterocycles. The van der Waals surface area contributed by atoms with Gasteiger partial charge >= 0.3 is 6.18 Å². The Morgan fingerprint density at radius 3 is 2.57 bits per heavy atom. The summed E-state index contributed by atoms with van der Waals surface area (Å²) in [5, 5.41) is 2.92. The Labute approximate surface area is 200 Å². The van der Waals surface area contributed by atoms with Crippen molar-refractivity contribution in [2.24, 2.45) is 5.92 Å². The first-order chi connectivity index (χ1) is 16.8. The lowest BCUT2D eigenvalue weighted by atomic mass is 9.82. The van der Waals surface area contributed by atoms with Gasteiger partial charge in [-0.15, -0.1) is 0 Å². The van der Waals surface area contributed by atoms with Crippen LogP contribution in [0.2, 0.25) is 0 Å². The highest BCUT2D eigenvalue weighted by Gasteiger charge is 2.42. The van der Waals surface area contributed by atoms with Gasteiger partial charge in [0.05, 0.1) is 29.8 Å². The molecule has 2 aliphatic heterocycles. The van der Waals surface area contributed by atoms with E-state index in [2.05, 4.69) is 15.2 Å². The zero-order valence-electron chi connectivity index (χ0n) is 18.8. The van der Waals surface area contributed by atoms with Crippen LogP contribution in [-0.2, 0) is 23.9 Å². The van der Waals surface area contributed by atoms with Crippen LogP contribution in [-0.4, -0.2) is 36.6 Å². The van der Waals surface area contributed by atoms with Crippen molar-refractivity contribution in [3.05, 3.63) is 89.5 Å². The SMILES string of the molecule is O=C(NCc1ccccn1)C1Cc2cc(C(F)(F)F)ccc2N2CCN(c3ccc(F)cc3)CC12. The summed E-state index contributed by atoms with van der Waals surface area (Å²) in [5.74, 6) is -1.11. The van der Waals surface area contributed by atoms with E-state index in [0.29, 0.717) is 30.9 Å². The minimum Gasteiger partial charge on any atom is -0.368 e. The molecule has 5 rings (SSSR count). The molecule has 35 heavy (non-hydrogen) atoms. The highest BCUT2D eigenvalue weighted by atomic mass is 19.4. The Balaban J connectivity index is 1.44. The fourth-order valence-corrected chi connectivity index (χ4v) is 5.00. The van der Waals surface area contributed by atoms with Gasteiger partial charge in [0, 0.05) is 37.2 Å². The van der Waals surface area contributed by atoms with E-state index in [1.54, 1.807) is 30.5 Å². The second kappa shape index (κ2) is 9.20. The minimum atomic E-state index is -4.45. The van der Waals surface area contributed by atoms with Gasteiger partial charge in [-0.05, 0) is 66.6 Å². The number of amides is 1. The second-order valence-electron chi connectivity index (χ2n) is 8.87. The first-order valence-electron chi connectivity index (χ1n) is 11.4. The second-order valence-corrected chi connectivity index (χ2v) is 8.87. The number of nitrogens with zero attached hydrogens (tertiary/aromatic N) is 3. The molecule has 0 bridgehead atoms. The maximum absolute atomic E-state index is 13.4. The molecule has 2 aromatic carbocycles. The van der Waals surface area contributed by atoms with Crippen molar-refractivity contribution in [3.8, 4) is 0 Å². The quantitative estimate of drug-likeness (QED) is 0.557. The molecule has 3 aromatic rings. The summed E-state index contributed by atoms with van der Waals surface area (Å²) in [4.78, 5) is 21.7. The van der Waals surface area contributed by atoms with Crippen LogP contribution in [0.25, 0.3) is 0 Å². The summed E-state index contributed by atoms with van der Waals surface area (Å²) < 4.78 is 53.6. The number of carbonyl (C=O) groups is 1. The van der Waals surface area contributed by atoms with Crippen LogP contribution in [0.1, 0.15) is 16.8 Å². The molecule has 182 valence electrons. The fourth-order valence-electron chi connectivity index (χ4n) is 5.00. The van der Waals surface area contributed by atoms with Crippen molar-refractivity contribution in [1.82, 2.24) is 10.3 Å². The predicted octanol–water partition coefficient (Wildman–Crippen LogP) is 4.42. The number of piperazine rings is 1. The third kappa shape index (κ3) is 4.80. The van der Waals surface area contributed by atoms with Gasteiger partial charge in [-0.2, -0.15) is 13.2 Å². The van der Waals surface area contributed by atoms with Crippen LogP contribution >= 0.6 is 0 Å². The number of pyridine rings is 1. The molecular formula is C26H24F4N4O. The Bertz CT molecular complexity index is 1200. The van der Waals surface area contributed by atoms with Crippen molar-refractivity contribution in [3.63, 3.8) is 0 Å². The average molecular weight is 484 g/mol. The highest BCUT2D eigenvalue weighted by Crippen LogP contribution is 2.40. The molecule has 2 aliphatic rings. The van der Waals surface area contributed by atoms with E-state index in [4.69, 9.17) is 0 Å². The first-order valence-corrected chi connectivity index (χ1v) is 11.4. The highest BCUT2D eigenvalue weighted by molar-refractivity contribution is 5.82. The monoisotopic (exact) mass is 484 g/mol. The average Bonchev–Trinajstić information content (AvgIpc) is 2.86. The largest absolute Gasteiger partial charge is 0.416 e. The number of rotatable bonds is 4. The minimum absolute atomic E-state index is 0.200. The lowest BCUT2D eigenvalue weighted by molar-refractivity contribution is -0.137. The molecule has 1 amide bonds. The summed E-state index contributed by atoms with van der Waals surface area (Å²) >= 11 is 0. The van der Waals surface area contributed by atoms with Crippen molar-refractivity contribution in [2.75, 3.05) is 29.4 Å². The Morgan fingerprint density at radius 1 is 1.06 bits per heavy atom. The molecule has 0 aliphatic carbocycles. The van der Waals surface area contributed by atoms with Gasteiger partial charge in [0.1, 0.15) is 5.82 Å². The van der Waals surface area contributed by atoms with Crippen molar-refractivity contribution in [2.45, 2.75) is 25.2 Å². The van der Waals surface area contributed by atoms with Crippen molar-refractivity contribution in [1.29, 1.82) is 0 Å². The van der Waals surface area contributed by atoms with E-state index < -0.39 is 17.7 Å². The molecule has 2 atom stereocenters. The molecule has 5 nitrogen and oxygen atoms in total. The summed E-state index contributed by atoms with van der Waals surface area (Å²) in [6.45, 7) is 1.86. The Morgan fingerprint density at radius 2 is 1.86 bits per heavy atom. The van der Waals surface area contributed by atoms with Crippen LogP contribution in [0.5, 0.6) is 0 Å². The summed E-state index contributed by atoms with van der Waals surface area (Å²) in [7, 11) is 0. The molecule has 3 heterocycles. The number of benzene rings is 2. The van der Waals surface area contributed by atoms with Gasteiger partial charge in [-0.25, -0.2) is 4.39 Å².